The van der Waals surface area contributed by atoms with Gasteiger partial charge in [-0.3, -0.25) is 4.79 Å². The lowest BCUT2D eigenvalue weighted by Gasteiger charge is -2.22. The van der Waals surface area contributed by atoms with Crippen molar-refractivity contribution < 1.29 is 9.53 Å². The van der Waals surface area contributed by atoms with Crippen LogP contribution in [0.5, 0.6) is 0 Å². The lowest BCUT2D eigenvalue weighted by Crippen LogP contribution is -2.45. The van der Waals surface area contributed by atoms with Gasteiger partial charge in [-0.25, -0.2) is 9.67 Å². The van der Waals surface area contributed by atoms with E-state index in [1.807, 2.05) is 32.0 Å². The predicted octanol–water partition coefficient (Wildman–Crippen LogP) is 0.811. The van der Waals surface area contributed by atoms with E-state index in [2.05, 4.69) is 20.7 Å². The highest BCUT2D eigenvalue weighted by atomic mass is 16.5. The monoisotopic (exact) mass is 301 g/mol. The molecule has 1 amide bonds. The fraction of sp³-hybridized carbons (Fsp3) is 0.400. The van der Waals surface area contributed by atoms with Crippen molar-refractivity contribution in [3.05, 3.63) is 35.8 Å². The second kappa shape index (κ2) is 6.25. The molecule has 1 aliphatic heterocycles. The third-order valence-electron chi connectivity index (χ3n) is 3.46. The molecule has 0 bridgehead atoms. The van der Waals surface area contributed by atoms with Crippen LogP contribution in [-0.2, 0) is 9.53 Å². The Balaban J connectivity index is 1.69. The second-order valence-corrected chi connectivity index (χ2v) is 5.30. The molecule has 2 aromatic heterocycles. The minimum absolute atomic E-state index is 0.159. The van der Waals surface area contributed by atoms with E-state index < -0.39 is 6.10 Å². The van der Waals surface area contributed by atoms with Crippen LogP contribution >= 0.6 is 0 Å². The van der Waals surface area contributed by atoms with Crippen LogP contribution in [0.1, 0.15) is 11.4 Å². The van der Waals surface area contributed by atoms with Crippen molar-refractivity contribution >= 4 is 11.6 Å². The number of morpholine rings is 1. The number of nitrogens with one attached hydrogen (secondary N) is 2. The number of carbonyl (C=O) groups excluding carboxylic acids is 1. The highest BCUT2D eigenvalue weighted by Crippen LogP contribution is 2.13. The maximum atomic E-state index is 12.1. The molecule has 3 rings (SSSR count). The minimum atomic E-state index is -0.454. The van der Waals surface area contributed by atoms with Gasteiger partial charge in [-0.15, -0.1) is 0 Å². The van der Waals surface area contributed by atoms with E-state index in [1.165, 1.54) is 0 Å². The molecule has 0 aromatic carbocycles. The first-order valence-electron chi connectivity index (χ1n) is 7.26. The van der Waals surface area contributed by atoms with Crippen molar-refractivity contribution in [1.82, 2.24) is 20.1 Å². The summed E-state index contributed by atoms with van der Waals surface area (Å²) >= 11 is 0. The van der Waals surface area contributed by atoms with Gasteiger partial charge in [0.15, 0.2) is 5.82 Å². The first-order valence-corrected chi connectivity index (χ1v) is 7.26. The minimum Gasteiger partial charge on any atom is -0.366 e. The first kappa shape index (κ1) is 14.7. The molecule has 1 saturated heterocycles. The highest BCUT2D eigenvalue weighted by Gasteiger charge is 2.21. The van der Waals surface area contributed by atoms with Crippen LogP contribution in [0, 0.1) is 13.8 Å². The normalized spacial score (nSPS) is 18.2. The molecule has 0 saturated carbocycles. The molecule has 0 spiro atoms. The maximum Gasteiger partial charge on any atom is 0.254 e. The van der Waals surface area contributed by atoms with Gasteiger partial charge in [0.1, 0.15) is 6.10 Å². The molecular weight excluding hydrogens is 282 g/mol. The number of hydrogen-bond acceptors (Lipinski definition) is 5. The van der Waals surface area contributed by atoms with Crippen LogP contribution in [0.3, 0.4) is 0 Å². The van der Waals surface area contributed by atoms with Crippen molar-refractivity contribution in [2.24, 2.45) is 0 Å². The number of hydrogen-bond donors (Lipinski definition) is 2. The number of rotatable bonds is 3. The summed E-state index contributed by atoms with van der Waals surface area (Å²) < 4.78 is 7.19. The van der Waals surface area contributed by atoms with Gasteiger partial charge in [0.2, 0.25) is 0 Å². The van der Waals surface area contributed by atoms with E-state index in [0.29, 0.717) is 18.8 Å². The summed E-state index contributed by atoms with van der Waals surface area (Å²) in [4.78, 5) is 16.4. The van der Waals surface area contributed by atoms with Crippen LogP contribution in [0.15, 0.2) is 24.4 Å². The summed E-state index contributed by atoms with van der Waals surface area (Å²) in [7, 11) is 0. The molecule has 0 radical (unpaired) electrons. The Kier molecular flexibility index (Phi) is 4.17. The fourth-order valence-electron chi connectivity index (χ4n) is 2.40. The number of carbonyl (C=O) groups is 1. The third-order valence-corrected chi connectivity index (χ3v) is 3.46. The Morgan fingerprint density at radius 2 is 2.32 bits per heavy atom. The van der Waals surface area contributed by atoms with E-state index in [9.17, 15) is 4.79 Å². The summed E-state index contributed by atoms with van der Waals surface area (Å²) in [5.41, 5.74) is 2.60. The van der Waals surface area contributed by atoms with Crippen molar-refractivity contribution in [3.63, 3.8) is 0 Å². The maximum absolute atomic E-state index is 12.1. The fourth-order valence-corrected chi connectivity index (χ4v) is 2.40. The van der Waals surface area contributed by atoms with Crippen LogP contribution in [0.2, 0.25) is 0 Å². The molecule has 0 aliphatic carbocycles. The standard InChI is InChI=1S/C15H19N5O2/c1-10-7-11(2)20(19-10)14-4-3-12(8-17-14)18-15(21)13-9-16-5-6-22-13/h3-4,7-8,13,16H,5-6,9H2,1-2H3,(H,18,21). The summed E-state index contributed by atoms with van der Waals surface area (Å²) in [5, 5.41) is 10.3. The van der Waals surface area contributed by atoms with E-state index in [0.717, 1.165) is 23.8 Å². The highest BCUT2D eigenvalue weighted by molar-refractivity contribution is 5.94. The van der Waals surface area contributed by atoms with Crippen molar-refractivity contribution in [2.45, 2.75) is 20.0 Å². The van der Waals surface area contributed by atoms with E-state index in [4.69, 9.17) is 4.74 Å². The molecule has 1 fully saturated rings. The summed E-state index contributed by atoms with van der Waals surface area (Å²) in [6.45, 7) is 5.78. The quantitative estimate of drug-likeness (QED) is 0.877. The Morgan fingerprint density at radius 3 is 2.91 bits per heavy atom. The summed E-state index contributed by atoms with van der Waals surface area (Å²) in [6, 6.07) is 5.63. The van der Waals surface area contributed by atoms with Crippen LogP contribution in [0.25, 0.3) is 5.82 Å². The topological polar surface area (TPSA) is 81.1 Å². The largest absolute Gasteiger partial charge is 0.366 e. The number of pyridine rings is 1. The van der Waals surface area contributed by atoms with Crippen molar-refractivity contribution in [1.29, 1.82) is 0 Å². The van der Waals surface area contributed by atoms with Gasteiger partial charge in [0.25, 0.3) is 5.91 Å². The molecule has 2 aromatic rings. The SMILES string of the molecule is Cc1cc(C)n(-c2ccc(NC(=O)C3CNCCO3)cn2)n1. The lowest BCUT2D eigenvalue weighted by molar-refractivity contribution is -0.128. The molecule has 22 heavy (non-hydrogen) atoms. The number of ether oxygens (including phenoxy) is 1. The molecule has 2 N–H and O–H groups in total. The average Bonchev–Trinajstić information content (AvgIpc) is 2.87. The molecule has 7 heteroatoms. The Morgan fingerprint density at radius 1 is 1.45 bits per heavy atom. The average molecular weight is 301 g/mol. The zero-order valence-corrected chi connectivity index (χ0v) is 12.7. The van der Waals surface area contributed by atoms with Gasteiger partial charge >= 0.3 is 0 Å². The van der Waals surface area contributed by atoms with Crippen LogP contribution in [0.4, 0.5) is 5.69 Å². The second-order valence-electron chi connectivity index (χ2n) is 5.30. The molecular formula is C15H19N5O2. The molecule has 116 valence electrons. The van der Waals surface area contributed by atoms with Crippen LogP contribution < -0.4 is 10.6 Å². The summed E-state index contributed by atoms with van der Waals surface area (Å²) in [6.07, 6.45) is 1.17. The predicted molar refractivity (Wildman–Crippen MR) is 82.1 cm³/mol. The van der Waals surface area contributed by atoms with Crippen molar-refractivity contribution in [3.8, 4) is 5.82 Å². The molecule has 1 atom stereocenters. The lowest BCUT2D eigenvalue weighted by atomic mass is 10.3. The number of aromatic nitrogens is 3. The first-order chi connectivity index (χ1) is 10.6. The number of anilines is 1. The van der Waals surface area contributed by atoms with Crippen molar-refractivity contribution in [2.75, 3.05) is 25.0 Å². The summed E-state index contributed by atoms with van der Waals surface area (Å²) in [5.74, 6) is 0.562. The van der Waals surface area contributed by atoms with Gasteiger partial charge in [-0.1, -0.05) is 0 Å². The number of aryl methyl sites for hydroxylation is 2. The third kappa shape index (κ3) is 3.15. The van der Waals surface area contributed by atoms with E-state index >= 15 is 0 Å². The Labute approximate surface area is 128 Å². The Bertz CT molecular complexity index is 659. The zero-order valence-electron chi connectivity index (χ0n) is 12.7. The number of nitrogens with zero attached hydrogens (tertiary/aromatic N) is 3. The van der Waals surface area contributed by atoms with Gasteiger partial charge in [0.05, 0.1) is 24.2 Å². The Hall–Kier alpha value is -2.25. The van der Waals surface area contributed by atoms with Gasteiger partial charge in [-0.05, 0) is 32.0 Å². The van der Waals surface area contributed by atoms with Crippen LogP contribution in [-0.4, -0.2) is 46.5 Å². The number of amides is 1. The zero-order chi connectivity index (χ0) is 15.5. The van der Waals surface area contributed by atoms with E-state index in [-0.39, 0.29) is 5.91 Å². The van der Waals surface area contributed by atoms with E-state index in [1.54, 1.807) is 10.9 Å². The molecule has 7 nitrogen and oxygen atoms in total. The van der Waals surface area contributed by atoms with Gasteiger partial charge < -0.3 is 15.4 Å². The smallest absolute Gasteiger partial charge is 0.254 e. The van der Waals surface area contributed by atoms with Gasteiger partial charge in [0, 0.05) is 18.8 Å². The van der Waals surface area contributed by atoms with Gasteiger partial charge in [-0.2, -0.15) is 5.10 Å². The molecule has 1 unspecified atom stereocenters. The molecule has 1 aliphatic rings. The molecule has 3 heterocycles.